The molecule has 0 aliphatic rings. The highest BCUT2D eigenvalue weighted by Crippen LogP contribution is 2.04. The number of carbonyl (C=O) groups is 1. The maximum atomic E-state index is 11.8. The Hall–Kier alpha value is -2.42. The van der Waals surface area contributed by atoms with Crippen molar-refractivity contribution >= 4 is 12.1 Å². The highest BCUT2D eigenvalue weighted by atomic mass is 16.2. The number of carbonyl (C=O) groups excluding carboxylic acids is 1. The maximum absolute atomic E-state index is 11.8. The Balaban J connectivity index is 2.01. The smallest absolute Gasteiger partial charge is 0.267 e. The van der Waals surface area contributed by atoms with E-state index in [4.69, 9.17) is 0 Å². The molecule has 2 aromatic rings. The van der Waals surface area contributed by atoms with E-state index in [0.29, 0.717) is 5.56 Å². The second-order valence-corrected chi connectivity index (χ2v) is 4.48. The van der Waals surface area contributed by atoms with Crippen LogP contribution in [0.3, 0.4) is 0 Å². The molecule has 0 unspecified atom stereocenters. The Bertz CT molecular complexity index is 618. The molecule has 0 aliphatic carbocycles. The van der Waals surface area contributed by atoms with Gasteiger partial charge < -0.3 is 0 Å². The molecule has 0 radical (unpaired) electrons. The lowest BCUT2D eigenvalue weighted by molar-refractivity contribution is 0.0955. The van der Waals surface area contributed by atoms with E-state index in [0.717, 1.165) is 16.7 Å². The second-order valence-electron chi connectivity index (χ2n) is 4.48. The van der Waals surface area contributed by atoms with Crippen LogP contribution < -0.4 is 5.43 Å². The number of aryl methyl sites for hydroxylation is 2. The van der Waals surface area contributed by atoms with Gasteiger partial charge in [0.2, 0.25) is 0 Å². The van der Waals surface area contributed by atoms with Gasteiger partial charge in [-0.15, -0.1) is 0 Å². The first-order valence-corrected chi connectivity index (χ1v) is 6.12. The summed E-state index contributed by atoms with van der Waals surface area (Å²) in [5.41, 5.74) is 6.31. The number of hydrogen-bond acceptors (Lipinski definition) is 2. The lowest BCUT2D eigenvalue weighted by Crippen LogP contribution is -2.17. The lowest BCUT2D eigenvalue weighted by atomic mass is 10.1. The minimum atomic E-state index is -0.201. The van der Waals surface area contributed by atoms with Crippen LogP contribution in [0.25, 0.3) is 0 Å². The fourth-order valence-electron chi connectivity index (χ4n) is 1.77. The summed E-state index contributed by atoms with van der Waals surface area (Å²) in [5, 5.41) is 3.96. The van der Waals surface area contributed by atoms with Crippen LogP contribution >= 0.6 is 0 Å². The number of nitrogens with zero attached hydrogens (tertiary/aromatic N) is 1. The van der Waals surface area contributed by atoms with Crippen LogP contribution in [0.1, 0.15) is 27.0 Å². The van der Waals surface area contributed by atoms with Crippen molar-refractivity contribution in [3.63, 3.8) is 0 Å². The zero-order valence-corrected chi connectivity index (χ0v) is 11.1. The average Bonchev–Trinajstić information content (AvgIpc) is 2.38. The van der Waals surface area contributed by atoms with Gasteiger partial charge >= 0.3 is 0 Å². The second kappa shape index (κ2) is 5.96. The van der Waals surface area contributed by atoms with Crippen molar-refractivity contribution in [3.05, 3.63) is 70.8 Å². The molecular weight excluding hydrogens is 236 g/mol. The van der Waals surface area contributed by atoms with E-state index in [1.807, 2.05) is 56.3 Å². The average molecular weight is 252 g/mol. The largest absolute Gasteiger partial charge is 0.271 e. The van der Waals surface area contributed by atoms with E-state index >= 15 is 0 Å². The van der Waals surface area contributed by atoms with Crippen LogP contribution in [-0.4, -0.2) is 12.1 Å². The van der Waals surface area contributed by atoms with Gasteiger partial charge in [-0.2, -0.15) is 5.10 Å². The van der Waals surface area contributed by atoms with Gasteiger partial charge in [0.25, 0.3) is 5.91 Å². The van der Waals surface area contributed by atoms with E-state index in [1.54, 1.807) is 12.3 Å². The van der Waals surface area contributed by atoms with Crippen LogP contribution in [-0.2, 0) is 0 Å². The molecule has 0 saturated carbocycles. The number of benzene rings is 2. The topological polar surface area (TPSA) is 41.5 Å². The quantitative estimate of drug-likeness (QED) is 0.662. The van der Waals surface area contributed by atoms with Gasteiger partial charge in [-0.05, 0) is 31.5 Å². The number of hydrogen-bond donors (Lipinski definition) is 1. The molecule has 0 aliphatic heterocycles. The van der Waals surface area contributed by atoms with Gasteiger partial charge in [0, 0.05) is 5.56 Å². The Morgan fingerprint density at radius 3 is 2.42 bits per heavy atom. The Morgan fingerprint density at radius 2 is 1.74 bits per heavy atom. The van der Waals surface area contributed by atoms with Crippen molar-refractivity contribution in [2.24, 2.45) is 5.10 Å². The highest BCUT2D eigenvalue weighted by Gasteiger charge is 2.02. The van der Waals surface area contributed by atoms with E-state index in [9.17, 15) is 4.79 Å². The predicted octanol–water partition coefficient (Wildman–Crippen LogP) is 3.07. The molecule has 3 nitrogen and oxygen atoms in total. The zero-order valence-electron chi connectivity index (χ0n) is 11.1. The van der Waals surface area contributed by atoms with Crippen molar-refractivity contribution in [1.82, 2.24) is 5.43 Å². The SMILES string of the molecule is Cc1cccc(C=NNC(=O)c2cccc(C)c2)c1. The van der Waals surface area contributed by atoms with Gasteiger partial charge in [0.05, 0.1) is 6.21 Å². The monoisotopic (exact) mass is 252 g/mol. The molecule has 0 aromatic heterocycles. The number of rotatable bonds is 3. The Morgan fingerprint density at radius 1 is 1.05 bits per heavy atom. The molecule has 0 atom stereocenters. The lowest BCUT2D eigenvalue weighted by Gasteiger charge is -2.01. The minimum absolute atomic E-state index is 0.201. The summed E-state index contributed by atoms with van der Waals surface area (Å²) in [6, 6.07) is 15.3. The maximum Gasteiger partial charge on any atom is 0.271 e. The van der Waals surface area contributed by atoms with E-state index in [2.05, 4.69) is 10.5 Å². The van der Waals surface area contributed by atoms with Gasteiger partial charge in [0.1, 0.15) is 0 Å². The first-order chi connectivity index (χ1) is 9.15. The normalized spacial score (nSPS) is 10.6. The molecule has 0 heterocycles. The van der Waals surface area contributed by atoms with Crippen LogP contribution in [0.4, 0.5) is 0 Å². The third-order valence-electron chi connectivity index (χ3n) is 2.70. The van der Waals surface area contributed by atoms with Crippen LogP contribution in [0.5, 0.6) is 0 Å². The summed E-state index contributed by atoms with van der Waals surface area (Å²) in [7, 11) is 0. The summed E-state index contributed by atoms with van der Waals surface area (Å²) < 4.78 is 0. The molecule has 0 bridgehead atoms. The molecule has 3 heteroatoms. The standard InChI is InChI=1S/C16H16N2O/c1-12-5-3-7-14(9-12)11-17-18-16(19)15-8-4-6-13(2)10-15/h3-11H,1-2H3,(H,18,19). The van der Waals surface area contributed by atoms with Crippen LogP contribution in [0.2, 0.25) is 0 Å². The minimum Gasteiger partial charge on any atom is -0.267 e. The van der Waals surface area contributed by atoms with Crippen LogP contribution in [0, 0.1) is 13.8 Å². The molecule has 0 saturated heterocycles. The predicted molar refractivity (Wildman–Crippen MR) is 77.4 cm³/mol. The summed E-state index contributed by atoms with van der Waals surface area (Å²) in [4.78, 5) is 11.8. The Kier molecular flexibility index (Phi) is 4.08. The van der Waals surface area contributed by atoms with Crippen molar-refractivity contribution in [1.29, 1.82) is 0 Å². The summed E-state index contributed by atoms with van der Waals surface area (Å²) in [6.07, 6.45) is 1.64. The fraction of sp³-hybridized carbons (Fsp3) is 0.125. The summed E-state index contributed by atoms with van der Waals surface area (Å²) in [5.74, 6) is -0.201. The number of hydrazone groups is 1. The van der Waals surface area contributed by atoms with Crippen molar-refractivity contribution < 1.29 is 4.79 Å². The van der Waals surface area contributed by atoms with E-state index < -0.39 is 0 Å². The first-order valence-electron chi connectivity index (χ1n) is 6.12. The fourth-order valence-corrected chi connectivity index (χ4v) is 1.77. The molecule has 19 heavy (non-hydrogen) atoms. The molecule has 0 fully saturated rings. The summed E-state index contributed by atoms with van der Waals surface area (Å²) in [6.45, 7) is 3.97. The molecule has 2 aromatic carbocycles. The van der Waals surface area contributed by atoms with Gasteiger partial charge in [0.15, 0.2) is 0 Å². The van der Waals surface area contributed by atoms with Crippen LogP contribution in [0.15, 0.2) is 53.6 Å². The number of amides is 1. The van der Waals surface area contributed by atoms with E-state index in [1.165, 1.54) is 0 Å². The highest BCUT2D eigenvalue weighted by molar-refractivity contribution is 5.95. The molecule has 96 valence electrons. The molecule has 1 amide bonds. The van der Waals surface area contributed by atoms with Crippen molar-refractivity contribution in [2.75, 3.05) is 0 Å². The first kappa shape index (κ1) is 13.0. The van der Waals surface area contributed by atoms with Gasteiger partial charge in [-0.25, -0.2) is 5.43 Å². The van der Waals surface area contributed by atoms with Crippen molar-refractivity contribution in [3.8, 4) is 0 Å². The third kappa shape index (κ3) is 3.78. The van der Waals surface area contributed by atoms with Gasteiger partial charge in [-0.3, -0.25) is 4.79 Å². The van der Waals surface area contributed by atoms with E-state index in [-0.39, 0.29) is 5.91 Å². The molecule has 1 N–H and O–H groups in total. The third-order valence-corrected chi connectivity index (χ3v) is 2.70. The summed E-state index contributed by atoms with van der Waals surface area (Å²) >= 11 is 0. The molecule has 0 spiro atoms. The number of nitrogens with one attached hydrogen (secondary N) is 1. The Labute approximate surface area is 113 Å². The van der Waals surface area contributed by atoms with Gasteiger partial charge in [-0.1, -0.05) is 47.5 Å². The zero-order chi connectivity index (χ0) is 13.7. The molecule has 2 rings (SSSR count). The molecular formula is C16H16N2O. The van der Waals surface area contributed by atoms with Crippen molar-refractivity contribution in [2.45, 2.75) is 13.8 Å².